The van der Waals surface area contributed by atoms with Gasteiger partial charge in [-0.1, -0.05) is 0 Å². The van der Waals surface area contributed by atoms with Crippen LogP contribution in [0.1, 0.15) is 54.7 Å². The van der Waals surface area contributed by atoms with Gasteiger partial charge >= 0.3 is 12.1 Å². The Morgan fingerprint density at radius 3 is 1.97 bits per heavy atom. The average Bonchev–Trinajstić information content (AvgIpc) is 2.78. The summed E-state index contributed by atoms with van der Waals surface area (Å²) in [6.45, 7) is 4.87. The number of fused-ring (bicyclic) bond motifs is 1. The Balaban J connectivity index is 0.000000287. The van der Waals surface area contributed by atoms with E-state index in [0.717, 1.165) is 11.6 Å². The zero-order valence-corrected chi connectivity index (χ0v) is 18.4. The fourth-order valence-corrected chi connectivity index (χ4v) is 3.22. The van der Waals surface area contributed by atoms with Crippen molar-refractivity contribution in [3.8, 4) is 11.5 Å². The number of hydrogen-bond acceptors (Lipinski definition) is 7. The summed E-state index contributed by atoms with van der Waals surface area (Å²) >= 11 is 0. The predicted molar refractivity (Wildman–Crippen MR) is 115 cm³/mol. The van der Waals surface area contributed by atoms with E-state index in [1.807, 2.05) is 0 Å². The summed E-state index contributed by atoms with van der Waals surface area (Å²) in [4.78, 5) is 43.5. The summed E-state index contributed by atoms with van der Waals surface area (Å²) in [5.41, 5.74) is 1.35. The van der Waals surface area contributed by atoms with Crippen molar-refractivity contribution < 1.29 is 46.9 Å². The van der Waals surface area contributed by atoms with Gasteiger partial charge in [-0.25, -0.2) is 4.79 Å². The number of esters is 1. The zero-order chi connectivity index (χ0) is 25.6. The van der Waals surface area contributed by atoms with Gasteiger partial charge in [0, 0.05) is 5.56 Å². The normalized spacial score (nSPS) is 14.4. The van der Waals surface area contributed by atoms with Crippen LogP contribution in [0.25, 0.3) is 6.08 Å². The number of alkyl halides is 3. The van der Waals surface area contributed by atoms with Crippen LogP contribution in [0, 0.1) is 13.8 Å². The molecule has 1 unspecified atom stereocenters. The van der Waals surface area contributed by atoms with E-state index in [2.05, 4.69) is 4.74 Å². The molecular weight excluding hydrogens is 457 g/mol. The first-order valence-electron chi connectivity index (χ1n) is 9.92. The van der Waals surface area contributed by atoms with Crippen LogP contribution in [0.2, 0.25) is 0 Å². The molecule has 0 fully saturated rings. The monoisotopic (exact) mass is 478 g/mol. The quantitative estimate of drug-likeness (QED) is 0.501. The Labute approximate surface area is 192 Å². The minimum Gasteiger partial charge on any atom is -0.506 e. The minimum absolute atomic E-state index is 0.00316. The van der Waals surface area contributed by atoms with E-state index < -0.39 is 23.8 Å². The Morgan fingerprint density at radius 2 is 1.50 bits per heavy atom. The lowest BCUT2D eigenvalue weighted by molar-refractivity contribution is -0.187. The molecule has 2 aromatic rings. The summed E-state index contributed by atoms with van der Waals surface area (Å²) in [7, 11) is 0. The van der Waals surface area contributed by atoms with Crippen LogP contribution in [-0.2, 0) is 9.53 Å². The number of benzene rings is 2. The Hall–Kier alpha value is -3.95. The van der Waals surface area contributed by atoms with Gasteiger partial charge in [-0.2, -0.15) is 13.2 Å². The maximum absolute atomic E-state index is 13.1. The Bertz CT molecular complexity index is 1120. The molecule has 34 heavy (non-hydrogen) atoms. The summed E-state index contributed by atoms with van der Waals surface area (Å²) < 4.78 is 49.0. The second-order valence-electron chi connectivity index (χ2n) is 7.28. The first-order chi connectivity index (χ1) is 16.0. The molecule has 7 nitrogen and oxygen atoms in total. The number of aryl methyl sites for hydroxylation is 2. The van der Waals surface area contributed by atoms with E-state index in [-0.39, 0.29) is 40.4 Å². The van der Waals surface area contributed by atoms with E-state index in [0.29, 0.717) is 24.4 Å². The predicted octanol–water partition coefficient (Wildman–Crippen LogP) is 4.40. The molecule has 0 spiro atoms. The number of hydrogen-bond donors (Lipinski definition) is 1. The molecule has 0 aromatic heterocycles. The molecule has 3 rings (SSSR count). The number of phenolic OH excluding ortho intramolecular Hbond substituents is 1. The average molecular weight is 478 g/mol. The molecule has 0 saturated heterocycles. The molecule has 10 heteroatoms. The van der Waals surface area contributed by atoms with Crippen LogP contribution < -0.4 is 4.74 Å². The molecule has 1 aliphatic rings. The van der Waals surface area contributed by atoms with Crippen LogP contribution in [0.5, 0.6) is 11.5 Å². The van der Waals surface area contributed by atoms with E-state index in [9.17, 15) is 37.5 Å². The van der Waals surface area contributed by atoms with Gasteiger partial charge in [0.25, 0.3) is 0 Å². The molecule has 1 atom stereocenters. The third kappa shape index (κ3) is 5.89. The number of ether oxygens (including phenoxy) is 2. The van der Waals surface area contributed by atoms with Crippen molar-refractivity contribution in [2.75, 3.05) is 6.61 Å². The van der Waals surface area contributed by atoms with Crippen molar-refractivity contribution in [3.63, 3.8) is 0 Å². The van der Waals surface area contributed by atoms with E-state index in [4.69, 9.17) is 4.74 Å². The van der Waals surface area contributed by atoms with Crippen molar-refractivity contribution in [2.45, 2.75) is 33.1 Å². The van der Waals surface area contributed by atoms with E-state index >= 15 is 0 Å². The van der Waals surface area contributed by atoms with Gasteiger partial charge in [0.1, 0.15) is 11.5 Å². The van der Waals surface area contributed by atoms with Gasteiger partial charge in [0.2, 0.25) is 6.10 Å². The van der Waals surface area contributed by atoms with Crippen LogP contribution >= 0.6 is 0 Å². The number of aldehydes is 3. The second-order valence-corrected chi connectivity index (χ2v) is 7.28. The highest BCUT2D eigenvalue weighted by Gasteiger charge is 2.49. The standard InChI is InChI=1S/C15H13F3O4.C9H8O3/c1-3-21-14(20)11-6-9-4-8(2)5-10(7-19)12(9)22-13(11)15(16,17)18;1-6-2-7(4-10)9(12)8(3-6)5-11/h4-7,13H,3H2,1-2H3;2-5,12H,1H3. The van der Waals surface area contributed by atoms with Crippen LogP contribution in [-0.4, -0.2) is 48.8 Å². The molecule has 0 saturated carbocycles. The van der Waals surface area contributed by atoms with Crippen molar-refractivity contribution in [2.24, 2.45) is 0 Å². The number of phenols is 1. The maximum atomic E-state index is 13.1. The van der Waals surface area contributed by atoms with Gasteiger partial charge in [-0.05, 0) is 62.2 Å². The first-order valence-corrected chi connectivity index (χ1v) is 9.92. The van der Waals surface area contributed by atoms with Gasteiger partial charge in [-0.15, -0.1) is 0 Å². The molecule has 180 valence electrons. The second kappa shape index (κ2) is 10.8. The summed E-state index contributed by atoms with van der Waals surface area (Å²) in [6, 6.07) is 6.00. The maximum Gasteiger partial charge on any atom is 0.430 e. The summed E-state index contributed by atoms with van der Waals surface area (Å²) in [5, 5.41) is 9.25. The Morgan fingerprint density at radius 1 is 1.00 bits per heavy atom. The molecule has 0 amide bonds. The van der Waals surface area contributed by atoms with Crippen LogP contribution in [0.3, 0.4) is 0 Å². The number of halogens is 3. The van der Waals surface area contributed by atoms with Gasteiger partial charge in [0.05, 0.1) is 28.9 Å². The van der Waals surface area contributed by atoms with Gasteiger partial charge in [0.15, 0.2) is 18.9 Å². The number of carbonyl (C=O) groups excluding carboxylic acids is 4. The molecule has 0 bridgehead atoms. The highest BCUT2D eigenvalue weighted by Crippen LogP contribution is 2.39. The molecule has 1 N–H and O–H groups in total. The molecule has 2 aromatic carbocycles. The van der Waals surface area contributed by atoms with E-state index in [1.54, 1.807) is 13.8 Å². The summed E-state index contributed by atoms with van der Waals surface area (Å²) in [6.07, 6.45) is -4.73. The molecule has 1 aliphatic heterocycles. The summed E-state index contributed by atoms with van der Waals surface area (Å²) in [5.74, 6) is -1.52. The zero-order valence-electron chi connectivity index (χ0n) is 18.4. The van der Waals surface area contributed by atoms with Crippen molar-refractivity contribution >= 4 is 30.9 Å². The SMILES string of the molecule is CCOC(=O)C1=Cc2cc(C)cc(C=O)c2OC1C(F)(F)F.Cc1cc(C=O)c(O)c(C=O)c1. The lowest BCUT2D eigenvalue weighted by atomic mass is 9.97. The number of aromatic hydroxyl groups is 1. The van der Waals surface area contributed by atoms with Crippen LogP contribution in [0.15, 0.2) is 29.8 Å². The molecule has 1 heterocycles. The molecule has 0 aliphatic carbocycles. The van der Waals surface area contributed by atoms with E-state index in [1.165, 1.54) is 31.2 Å². The smallest absolute Gasteiger partial charge is 0.430 e. The topological polar surface area (TPSA) is 107 Å². The third-order valence-electron chi connectivity index (χ3n) is 4.62. The highest BCUT2D eigenvalue weighted by molar-refractivity contribution is 5.97. The van der Waals surface area contributed by atoms with Crippen molar-refractivity contribution in [1.82, 2.24) is 0 Å². The van der Waals surface area contributed by atoms with Gasteiger partial charge in [-0.3, -0.25) is 14.4 Å². The first kappa shape index (κ1) is 26.3. The molecular formula is C24H21F3O7. The Kier molecular flexibility index (Phi) is 8.34. The highest BCUT2D eigenvalue weighted by atomic mass is 19.4. The van der Waals surface area contributed by atoms with Crippen molar-refractivity contribution in [1.29, 1.82) is 0 Å². The van der Waals surface area contributed by atoms with Gasteiger partial charge < -0.3 is 14.6 Å². The number of rotatable bonds is 5. The largest absolute Gasteiger partial charge is 0.506 e. The van der Waals surface area contributed by atoms with Crippen molar-refractivity contribution in [3.05, 3.63) is 63.2 Å². The number of carbonyl (C=O) groups is 4. The minimum atomic E-state index is -4.80. The fraction of sp³-hybridized carbons (Fsp3) is 0.250. The third-order valence-corrected chi connectivity index (χ3v) is 4.62. The van der Waals surface area contributed by atoms with Crippen LogP contribution in [0.4, 0.5) is 13.2 Å². The molecule has 0 radical (unpaired) electrons. The fourth-order valence-electron chi connectivity index (χ4n) is 3.22. The lowest BCUT2D eigenvalue weighted by Gasteiger charge is -2.28. The lowest BCUT2D eigenvalue weighted by Crippen LogP contribution is -2.41.